The Balaban J connectivity index is 1.73. The second-order valence-corrected chi connectivity index (χ2v) is 5.97. The topological polar surface area (TPSA) is 59.8 Å². The molecular formula is C21H14F2N4O. The van der Waals surface area contributed by atoms with Gasteiger partial charge in [0.2, 0.25) is 5.82 Å². The lowest BCUT2D eigenvalue weighted by atomic mass is 10.2. The average molecular weight is 376 g/mol. The van der Waals surface area contributed by atoms with Crippen molar-refractivity contribution in [3.8, 4) is 17.1 Å². The number of amides is 1. The van der Waals surface area contributed by atoms with E-state index in [-0.39, 0.29) is 11.6 Å². The smallest absolute Gasteiger partial charge is 0.295 e. The average Bonchev–Trinajstić information content (AvgIpc) is 3.16. The number of benzene rings is 3. The molecule has 0 saturated heterocycles. The van der Waals surface area contributed by atoms with Gasteiger partial charge in [-0.05, 0) is 48.5 Å². The van der Waals surface area contributed by atoms with Crippen LogP contribution in [0.3, 0.4) is 0 Å². The van der Waals surface area contributed by atoms with E-state index in [0.717, 1.165) is 5.56 Å². The molecule has 7 heteroatoms. The Morgan fingerprint density at radius 1 is 0.821 bits per heavy atom. The van der Waals surface area contributed by atoms with Crippen molar-refractivity contribution in [3.63, 3.8) is 0 Å². The van der Waals surface area contributed by atoms with Crippen molar-refractivity contribution >= 4 is 11.6 Å². The van der Waals surface area contributed by atoms with Gasteiger partial charge in [0.05, 0.1) is 5.69 Å². The predicted octanol–water partition coefficient (Wildman–Crippen LogP) is 4.46. The van der Waals surface area contributed by atoms with Crippen LogP contribution in [0.2, 0.25) is 0 Å². The van der Waals surface area contributed by atoms with Gasteiger partial charge in [-0.3, -0.25) is 4.79 Å². The van der Waals surface area contributed by atoms with E-state index in [0.29, 0.717) is 17.2 Å². The van der Waals surface area contributed by atoms with Gasteiger partial charge in [-0.1, -0.05) is 30.3 Å². The predicted molar refractivity (Wildman–Crippen MR) is 101 cm³/mol. The SMILES string of the molecule is O=C(Nc1ccc(F)cc1)c1nc(-c2ccccc2)n(-c2ccc(F)cc2)n1. The summed E-state index contributed by atoms with van der Waals surface area (Å²) in [6, 6.07) is 20.3. The van der Waals surface area contributed by atoms with E-state index in [4.69, 9.17) is 0 Å². The van der Waals surface area contributed by atoms with Crippen molar-refractivity contribution in [3.05, 3.63) is 96.3 Å². The number of carbonyl (C=O) groups excluding carboxylic acids is 1. The van der Waals surface area contributed by atoms with Crippen LogP contribution in [0.1, 0.15) is 10.6 Å². The van der Waals surface area contributed by atoms with Crippen molar-refractivity contribution in [1.29, 1.82) is 0 Å². The zero-order valence-electron chi connectivity index (χ0n) is 14.5. The number of halogens is 2. The first kappa shape index (κ1) is 17.5. The van der Waals surface area contributed by atoms with Gasteiger partial charge in [-0.25, -0.2) is 18.4 Å². The lowest BCUT2D eigenvalue weighted by Gasteiger charge is -2.05. The van der Waals surface area contributed by atoms with Crippen LogP contribution in [-0.2, 0) is 0 Å². The van der Waals surface area contributed by atoms with Crippen LogP contribution < -0.4 is 5.32 Å². The molecule has 4 rings (SSSR count). The minimum atomic E-state index is -0.537. The molecule has 5 nitrogen and oxygen atoms in total. The minimum absolute atomic E-state index is 0.0625. The fourth-order valence-corrected chi connectivity index (χ4v) is 2.66. The van der Waals surface area contributed by atoms with Gasteiger partial charge in [-0.2, -0.15) is 0 Å². The first-order chi connectivity index (χ1) is 13.6. The molecule has 138 valence electrons. The zero-order chi connectivity index (χ0) is 19.5. The molecule has 4 aromatic rings. The molecule has 0 unspecified atom stereocenters. The molecule has 0 aliphatic rings. The fraction of sp³-hybridized carbons (Fsp3) is 0. The largest absolute Gasteiger partial charge is 0.319 e. The van der Waals surface area contributed by atoms with Gasteiger partial charge in [0.1, 0.15) is 11.6 Å². The van der Waals surface area contributed by atoms with Gasteiger partial charge < -0.3 is 5.32 Å². The van der Waals surface area contributed by atoms with Crippen molar-refractivity contribution in [2.24, 2.45) is 0 Å². The second kappa shape index (κ2) is 7.40. The number of anilines is 1. The first-order valence-electron chi connectivity index (χ1n) is 8.45. The van der Waals surface area contributed by atoms with Crippen molar-refractivity contribution in [2.45, 2.75) is 0 Å². The van der Waals surface area contributed by atoms with E-state index in [1.54, 1.807) is 12.1 Å². The summed E-state index contributed by atoms with van der Waals surface area (Å²) in [5.74, 6) is -0.934. The van der Waals surface area contributed by atoms with E-state index < -0.39 is 11.7 Å². The lowest BCUT2D eigenvalue weighted by Crippen LogP contribution is -2.14. The summed E-state index contributed by atoms with van der Waals surface area (Å²) < 4.78 is 27.8. The normalized spacial score (nSPS) is 10.6. The Morgan fingerprint density at radius 2 is 1.43 bits per heavy atom. The second-order valence-electron chi connectivity index (χ2n) is 5.97. The number of nitrogens with zero attached hydrogens (tertiary/aromatic N) is 3. The number of hydrogen-bond donors (Lipinski definition) is 1. The number of aromatic nitrogens is 3. The van der Waals surface area contributed by atoms with Crippen LogP contribution >= 0.6 is 0 Å². The Labute approximate surface area is 159 Å². The van der Waals surface area contributed by atoms with Crippen LogP contribution in [0, 0.1) is 11.6 Å². The molecule has 0 radical (unpaired) electrons. The van der Waals surface area contributed by atoms with E-state index in [1.165, 1.54) is 41.1 Å². The maximum Gasteiger partial charge on any atom is 0.295 e. The number of rotatable bonds is 4. The highest BCUT2D eigenvalue weighted by molar-refractivity contribution is 6.01. The highest BCUT2D eigenvalue weighted by Crippen LogP contribution is 2.22. The molecule has 1 heterocycles. The minimum Gasteiger partial charge on any atom is -0.319 e. The molecule has 3 aromatic carbocycles. The molecule has 28 heavy (non-hydrogen) atoms. The third kappa shape index (κ3) is 3.64. The highest BCUT2D eigenvalue weighted by atomic mass is 19.1. The fourth-order valence-electron chi connectivity index (χ4n) is 2.66. The molecule has 0 fully saturated rings. The molecule has 0 aliphatic heterocycles. The van der Waals surface area contributed by atoms with Gasteiger partial charge in [-0.15, -0.1) is 5.10 Å². The Morgan fingerprint density at radius 3 is 2.07 bits per heavy atom. The summed E-state index contributed by atoms with van der Waals surface area (Å²) in [5.41, 5.74) is 1.74. The van der Waals surface area contributed by atoms with Crippen LogP contribution in [0.25, 0.3) is 17.1 Å². The maximum absolute atomic E-state index is 13.3. The molecule has 1 amide bonds. The summed E-state index contributed by atoms with van der Waals surface area (Å²) >= 11 is 0. The van der Waals surface area contributed by atoms with E-state index in [9.17, 15) is 13.6 Å². The van der Waals surface area contributed by atoms with E-state index in [1.807, 2.05) is 30.3 Å². The maximum atomic E-state index is 13.3. The van der Waals surface area contributed by atoms with Crippen molar-refractivity contribution in [1.82, 2.24) is 14.8 Å². The van der Waals surface area contributed by atoms with Crippen LogP contribution in [0.15, 0.2) is 78.9 Å². The van der Waals surface area contributed by atoms with E-state index >= 15 is 0 Å². The number of nitrogens with one attached hydrogen (secondary N) is 1. The van der Waals surface area contributed by atoms with Gasteiger partial charge in [0, 0.05) is 11.3 Å². The molecule has 0 bridgehead atoms. The van der Waals surface area contributed by atoms with Crippen LogP contribution in [0.5, 0.6) is 0 Å². The number of carbonyl (C=O) groups is 1. The van der Waals surface area contributed by atoms with Gasteiger partial charge >= 0.3 is 0 Å². The van der Waals surface area contributed by atoms with Crippen LogP contribution in [-0.4, -0.2) is 20.7 Å². The molecular weight excluding hydrogens is 362 g/mol. The lowest BCUT2D eigenvalue weighted by molar-refractivity contribution is 0.101. The molecule has 0 atom stereocenters. The quantitative estimate of drug-likeness (QED) is 0.572. The molecule has 1 N–H and O–H groups in total. The molecule has 0 spiro atoms. The third-order valence-corrected chi connectivity index (χ3v) is 4.02. The monoisotopic (exact) mass is 376 g/mol. The van der Waals surface area contributed by atoms with Gasteiger partial charge in [0.25, 0.3) is 5.91 Å². The molecule has 1 aromatic heterocycles. The van der Waals surface area contributed by atoms with Crippen molar-refractivity contribution in [2.75, 3.05) is 5.32 Å². The zero-order valence-corrected chi connectivity index (χ0v) is 14.5. The summed E-state index contributed by atoms with van der Waals surface area (Å²) in [6.45, 7) is 0. The third-order valence-electron chi connectivity index (χ3n) is 4.02. The molecule has 0 saturated carbocycles. The van der Waals surface area contributed by atoms with Crippen molar-refractivity contribution < 1.29 is 13.6 Å². The summed E-state index contributed by atoms with van der Waals surface area (Å²) in [4.78, 5) is 16.9. The summed E-state index contributed by atoms with van der Waals surface area (Å²) in [7, 11) is 0. The standard InChI is InChI=1S/C21H14F2N4O/c22-15-6-10-17(11-7-15)24-21(28)19-25-20(14-4-2-1-3-5-14)27(26-19)18-12-8-16(23)9-13-18/h1-13H,(H,24,28). The Kier molecular flexibility index (Phi) is 4.63. The van der Waals surface area contributed by atoms with Gasteiger partial charge in [0.15, 0.2) is 5.82 Å². The Hall–Kier alpha value is -3.87. The van der Waals surface area contributed by atoms with Crippen LogP contribution in [0.4, 0.5) is 14.5 Å². The van der Waals surface area contributed by atoms with E-state index in [2.05, 4.69) is 15.4 Å². The first-order valence-corrected chi connectivity index (χ1v) is 8.45. The highest BCUT2D eigenvalue weighted by Gasteiger charge is 2.19. The summed E-state index contributed by atoms with van der Waals surface area (Å²) in [5, 5.41) is 6.93. The molecule has 0 aliphatic carbocycles. The number of hydrogen-bond acceptors (Lipinski definition) is 3. The summed E-state index contributed by atoms with van der Waals surface area (Å²) in [6.07, 6.45) is 0. The Bertz CT molecular complexity index is 1110.